The molecule has 15 heavy (non-hydrogen) atoms. The summed E-state index contributed by atoms with van der Waals surface area (Å²) in [5, 5.41) is 8.57. The Kier molecular flexibility index (Phi) is 4.09. The van der Waals surface area contributed by atoms with Gasteiger partial charge in [0.15, 0.2) is 0 Å². The van der Waals surface area contributed by atoms with Crippen molar-refractivity contribution in [3.8, 4) is 5.75 Å². The van der Waals surface area contributed by atoms with Crippen LogP contribution in [0.3, 0.4) is 0 Å². The molecule has 3 nitrogen and oxygen atoms in total. The highest BCUT2D eigenvalue weighted by molar-refractivity contribution is 5.67. The van der Waals surface area contributed by atoms with Crippen molar-refractivity contribution in [2.24, 2.45) is 0 Å². The lowest BCUT2D eigenvalue weighted by molar-refractivity contribution is -0.136. The summed E-state index contributed by atoms with van der Waals surface area (Å²) in [7, 11) is 1.49. The van der Waals surface area contributed by atoms with E-state index in [0.29, 0.717) is 23.3 Å². The molecule has 4 heteroatoms. The first-order valence-electron chi connectivity index (χ1n) is 4.61. The maximum atomic E-state index is 12.6. The Hall–Kier alpha value is -1.58. The highest BCUT2D eigenvalue weighted by Crippen LogP contribution is 2.24. The maximum absolute atomic E-state index is 12.6. The summed E-state index contributed by atoms with van der Waals surface area (Å²) in [6, 6.07) is 5.04. The number of methoxy groups -OCH3 is 1. The predicted molar refractivity (Wildman–Crippen MR) is 53.8 cm³/mol. The third-order valence-corrected chi connectivity index (χ3v) is 2.18. The topological polar surface area (TPSA) is 46.5 Å². The van der Waals surface area contributed by atoms with Gasteiger partial charge in [-0.2, -0.15) is 0 Å². The standard InChI is InChI=1S/C11H13FO3/c1-15-10-4-2-3-8(7-12)9(10)5-6-11(13)14/h2-4H,5-7H2,1H3,(H,13,14). The van der Waals surface area contributed by atoms with Gasteiger partial charge in [0, 0.05) is 12.0 Å². The van der Waals surface area contributed by atoms with Gasteiger partial charge < -0.3 is 9.84 Å². The number of alkyl halides is 1. The first-order chi connectivity index (χ1) is 7.19. The zero-order valence-electron chi connectivity index (χ0n) is 8.50. The molecule has 0 fully saturated rings. The molecule has 0 heterocycles. The number of carboxylic acids is 1. The quantitative estimate of drug-likeness (QED) is 0.813. The van der Waals surface area contributed by atoms with Crippen LogP contribution in [0.4, 0.5) is 4.39 Å². The normalized spacial score (nSPS) is 10.0. The summed E-state index contributed by atoms with van der Waals surface area (Å²) in [6.07, 6.45) is 0.270. The van der Waals surface area contributed by atoms with Gasteiger partial charge in [0.05, 0.1) is 7.11 Å². The molecule has 82 valence electrons. The summed E-state index contributed by atoms with van der Waals surface area (Å²) < 4.78 is 17.7. The molecule has 0 amide bonds. The van der Waals surface area contributed by atoms with Crippen LogP contribution in [0, 0.1) is 0 Å². The van der Waals surface area contributed by atoms with Crippen LogP contribution in [0.2, 0.25) is 0 Å². The van der Waals surface area contributed by atoms with Gasteiger partial charge in [0.1, 0.15) is 12.4 Å². The fourth-order valence-corrected chi connectivity index (χ4v) is 1.44. The Bertz CT molecular complexity index is 327. The summed E-state index contributed by atoms with van der Waals surface area (Å²) >= 11 is 0. The van der Waals surface area contributed by atoms with Crippen molar-refractivity contribution in [1.82, 2.24) is 0 Å². The number of rotatable bonds is 5. The number of aliphatic carboxylic acids is 1. The van der Waals surface area contributed by atoms with Crippen LogP contribution < -0.4 is 4.74 Å². The molecule has 1 N–H and O–H groups in total. The second-order valence-electron chi connectivity index (χ2n) is 3.13. The number of carboxylic acid groups (broad SMARTS) is 1. The van der Waals surface area contributed by atoms with E-state index in [1.54, 1.807) is 18.2 Å². The van der Waals surface area contributed by atoms with Gasteiger partial charge in [-0.05, 0) is 18.1 Å². The molecule has 0 aliphatic rings. The van der Waals surface area contributed by atoms with Gasteiger partial charge in [-0.25, -0.2) is 4.39 Å². The maximum Gasteiger partial charge on any atom is 0.303 e. The smallest absolute Gasteiger partial charge is 0.303 e. The Morgan fingerprint density at radius 3 is 2.80 bits per heavy atom. The minimum Gasteiger partial charge on any atom is -0.496 e. The van der Waals surface area contributed by atoms with Crippen LogP contribution in [0.5, 0.6) is 5.75 Å². The van der Waals surface area contributed by atoms with Crippen molar-refractivity contribution in [2.45, 2.75) is 19.5 Å². The molecule has 0 aromatic heterocycles. The average molecular weight is 212 g/mol. The van der Waals surface area contributed by atoms with Crippen LogP contribution >= 0.6 is 0 Å². The predicted octanol–water partition coefficient (Wildman–Crippen LogP) is 2.18. The lowest BCUT2D eigenvalue weighted by Crippen LogP contribution is -2.02. The van der Waals surface area contributed by atoms with Gasteiger partial charge in [-0.1, -0.05) is 12.1 Å². The molecular weight excluding hydrogens is 199 g/mol. The van der Waals surface area contributed by atoms with E-state index in [1.807, 2.05) is 0 Å². The van der Waals surface area contributed by atoms with E-state index in [-0.39, 0.29) is 6.42 Å². The summed E-state index contributed by atoms with van der Waals surface area (Å²) in [6.45, 7) is -0.605. The molecule has 1 aromatic rings. The van der Waals surface area contributed by atoms with Gasteiger partial charge >= 0.3 is 5.97 Å². The van der Waals surface area contributed by atoms with Crippen molar-refractivity contribution in [3.63, 3.8) is 0 Å². The molecule has 0 bridgehead atoms. The third kappa shape index (κ3) is 2.94. The van der Waals surface area contributed by atoms with E-state index >= 15 is 0 Å². The molecule has 0 radical (unpaired) electrons. The molecule has 0 aliphatic heterocycles. The summed E-state index contributed by atoms with van der Waals surface area (Å²) in [4.78, 5) is 10.4. The van der Waals surface area contributed by atoms with Crippen molar-refractivity contribution in [1.29, 1.82) is 0 Å². The first-order valence-corrected chi connectivity index (χ1v) is 4.61. The molecule has 0 saturated carbocycles. The van der Waals surface area contributed by atoms with Gasteiger partial charge in [-0.15, -0.1) is 0 Å². The van der Waals surface area contributed by atoms with Crippen LogP contribution in [0.1, 0.15) is 17.5 Å². The van der Waals surface area contributed by atoms with Crippen molar-refractivity contribution < 1.29 is 19.0 Å². The molecule has 1 rings (SSSR count). The lowest BCUT2D eigenvalue weighted by atomic mass is 10.0. The number of benzene rings is 1. The highest BCUT2D eigenvalue weighted by Gasteiger charge is 2.10. The number of halogens is 1. The number of carbonyl (C=O) groups is 1. The Labute approximate surface area is 87.5 Å². The average Bonchev–Trinajstić information content (AvgIpc) is 2.25. The second-order valence-corrected chi connectivity index (χ2v) is 3.13. The third-order valence-electron chi connectivity index (χ3n) is 2.18. The Balaban J connectivity index is 2.94. The fourth-order valence-electron chi connectivity index (χ4n) is 1.44. The van der Waals surface area contributed by atoms with Crippen LogP contribution in [-0.2, 0) is 17.9 Å². The van der Waals surface area contributed by atoms with Crippen molar-refractivity contribution in [2.75, 3.05) is 7.11 Å². The summed E-state index contributed by atoms with van der Waals surface area (Å²) in [5.74, 6) is -0.350. The number of ether oxygens (including phenoxy) is 1. The van der Waals surface area contributed by atoms with E-state index in [2.05, 4.69) is 0 Å². The van der Waals surface area contributed by atoms with Crippen LogP contribution in [-0.4, -0.2) is 18.2 Å². The zero-order chi connectivity index (χ0) is 11.3. The molecule has 0 atom stereocenters. The number of hydrogen-bond donors (Lipinski definition) is 1. The molecular formula is C11H13FO3. The molecule has 0 aliphatic carbocycles. The van der Waals surface area contributed by atoms with Crippen LogP contribution in [0.15, 0.2) is 18.2 Å². The number of hydrogen-bond acceptors (Lipinski definition) is 2. The Morgan fingerprint density at radius 2 is 2.27 bits per heavy atom. The summed E-state index contributed by atoms with van der Waals surface area (Å²) in [5.41, 5.74) is 1.14. The van der Waals surface area contributed by atoms with E-state index in [9.17, 15) is 9.18 Å². The van der Waals surface area contributed by atoms with Crippen molar-refractivity contribution >= 4 is 5.97 Å². The van der Waals surface area contributed by atoms with Crippen LogP contribution in [0.25, 0.3) is 0 Å². The lowest BCUT2D eigenvalue weighted by Gasteiger charge is -2.10. The minimum atomic E-state index is -0.897. The zero-order valence-corrected chi connectivity index (χ0v) is 8.50. The fraction of sp³-hybridized carbons (Fsp3) is 0.364. The SMILES string of the molecule is COc1cccc(CF)c1CCC(=O)O. The molecule has 0 unspecified atom stereocenters. The van der Waals surface area contributed by atoms with Gasteiger partial charge in [-0.3, -0.25) is 4.79 Å². The largest absolute Gasteiger partial charge is 0.496 e. The second kappa shape index (κ2) is 5.34. The monoisotopic (exact) mass is 212 g/mol. The Morgan fingerprint density at radius 1 is 1.53 bits per heavy atom. The molecule has 1 aromatic carbocycles. The first kappa shape index (κ1) is 11.5. The molecule has 0 saturated heterocycles. The highest BCUT2D eigenvalue weighted by atomic mass is 19.1. The van der Waals surface area contributed by atoms with E-state index in [1.165, 1.54) is 7.11 Å². The van der Waals surface area contributed by atoms with E-state index in [4.69, 9.17) is 9.84 Å². The minimum absolute atomic E-state index is 0.0205. The molecule has 0 spiro atoms. The van der Waals surface area contributed by atoms with Gasteiger partial charge in [0.2, 0.25) is 0 Å². The van der Waals surface area contributed by atoms with E-state index in [0.717, 1.165) is 0 Å². The van der Waals surface area contributed by atoms with Gasteiger partial charge in [0.25, 0.3) is 0 Å². The van der Waals surface area contributed by atoms with Crippen molar-refractivity contribution in [3.05, 3.63) is 29.3 Å². The van der Waals surface area contributed by atoms with E-state index < -0.39 is 12.6 Å².